The van der Waals surface area contributed by atoms with E-state index in [1.165, 1.54) is 0 Å². The number of aromatic hydroxyl groups is 1. The minimum atomic E-state index is 0.00576. The molecule has 0 heterocycles. The van der Waals surface area contributed by atoms with Gasteiger partial charge in [-0.15, -0.1) is 12.3 Å². The van der Waals surface area contributed by atoms with Gasteiger partial charge in [0.05, 0.1) is 6.04 Å². The van der Waals surface area contributed by atoms with Gasteiger partial charge in [0.1, 0.15) is 5.75 Å². The molecule has 0 aromatic heterocycles. The summed E-state index contributed by atoms with van der Waals surface area (Å²) in [4.78, 5) is 0. The van der Waals surface area contributed by atoms with E-state index in [2.05, 4.69) is 18.2 Å². The third-order valence-electron chi connectivity index (χ3n) is 3.30. The summed E-state index contributed by atoms with van der Waals surface area (Å²) in [5.74, 6) is 2.93. The Balaban J connectivity index is 2.32. The van der Waals surface area contributed by atoms with Gasteiger partial charge in [-0.1, -0.05) is 35.9 Å². The summed E-state index contributed by atoms with van der Waals surface area (Å²) in [7, 11) is 0. The lowest BCUT2D eigenvalue weighted by Gasteiger charge is -2.23. The number of benzene rings is 2. The molecule has 0 aliphatic rings. The molecule has 2 N–H and O–H groups in total. The fraction of sp³-hybridized carbons (Fsp3) is 0.222. The van der Waals surface area contributed by atoms with Gasteiger partial charge in [0.15, 0.2) is 0 Å². The van der Waals surface area contributed by atoms with Crippen molar-refractivity contribution in [2.75, 3.05) is 0 Å². The summed E-state index contributed by atoms with van der Waals surface area (Å²) in [5, 5.41) is 13.7. The van der Waals surface area contributed by atoms with Crippen LogP contribution >= 0.6 is 11.6 Å². The van der Waals surface area contributed by atoms with E-state index >= 15 is 0 Å². The van der Waals surface area contributed by atoms with Crippen LogP contribution in [-0.4, -0.2) is 11.1 Å². The molecule has 0 fully saturated rings. The molecule has 3 heteroatoms. The fourth-order valence-corrected chi connectivity index (χ4v) is 2.35. The molecule has 2 unspecified atom stereocenters. The molecule has 0 saturated heterocycles. The molecular weight excluding hydrogens is 282 g/mol. The summed E-state index contributed by atoms with van der Waals surface area (Å²) in [6, 6.07) is 15.1. The standard InChI is InChI=1S/C18H18ClNO/c1-3-4-13(2)20-18(14-5-9-16(19)10-6-14)15-7-11-17(21)12-8-15/h1,5-13,18,20-21H,4H2,2H3. The van der Waals surface area contributed by atoms with Crippen molar-refractivity contribution < 1.29 is 5.11 Å². The minimum Gasteiger partial charge on any atom is -0.508 e. The van der Waals surface area contributed by atoms with Gasteiger partial charge in [-0.3, -0.25) is 0 Å². The summed E-state index contributed by atoms with van der Waals surface area (Å²) < 4.78 is 0. The van der Waals surface area contributed by atoms with E-state index in [-0.39, 0.29) is 17.8 Å². The molecule has 0 radical (unpaired) electrons. The first-order valence-corrected chi connectivity index (χ1v) is 7.22. The number of hydrogen-bond donors (Lipinski definition) is 2. The number of terminal acetylenes is 1. The zero-order chi connectivity index (χ0) is 15.2. The molecule has 2 aromatic rings. The highest BCUT2D eigenvalue weighted by Crippen LogP contribution is 2.25. The smallest absolute Gasteiger partial charge is 0.115 e. The second-order valence-corrected chi connectivity index (χ2v) is 5.49. The average Bonchev–Trinajstić information content (AvgIpc) is 2.47. The van der Waals surface area contributed by atoms with Gasteiger partial charge < -0.3 is 10.4 Å². The lowest BCUT2D eigenvalue weighted by Crippen LogP contribution is -2.31. The molecule has 0 bridgehead atoms. The van der Waals surface area contributed by atoms with Crippen LogP contribution in [0.25, 0.3) is 0 Å². The summed E-state index contributed by atoms with van der Waals surface area (Å²) >= 11 is 5.96. The van der Waals surface area contributed by atoms with Crippen LogP contribution in [0, 0.1) is 12.3 Å². The maximum absolute atomic E-state index is 9.45. The first-order valence-electron chi connectivity index (χ1n) is 6.84. The molecular formula is C18H18ClNO. The van der Waals surface area contributed by atoms with Crippen molar-refractivity contribution in [2.45, 2.75) is 25.4 Å². The fourth-order valence-electron chi connectivity index (χ4n) is 2.23. The van der Waals surface area contributed by atoms with E-state index in [1.807, 2.05) is 36.4 Å². The Morgan fingerprint density at radius 3 is 2.14 bits per heavy atom. The SMILES string of the molecule is C#CCC(C)NC(c1ccc(O)cc1)c1ccc(Cl)cc1. The van der Waals surface area contributed by atoms with E-state index in [0.29, 0.717) is 11.4 Å². The number of hydrogen-bond acceptors (Lipinski definition) is 2. The topological polar surface area (TPSA) is 32.3 Å². The monoisotopic (exact) mass is 299 g/mol. The van der Waals surface area contributed by atoms with Crippen LogP contribution in [0.1, 0.15) is 30.5 Å². The predicted molar refractivity (Wildman–Crippen MR) is 87.4 cm³/mol. The highest BCUT2D eigenvalue weighted by atomic mass is 35.5. The third-order valence-corrected chi connectivity index (χ3v) is 3.56. The van der Waals surface area contributed by atoms with E-state index in [0.717, 1.165) is 11.1 Å². The zero-order valence-corrected chi connectivity index (χ0v) is 12.6. The average molecular weight is 300 g/mol. The van der Waals surface area contributed by atoms with Crippen LogP contribution in [-0.2, 0) is 0 Å². The number of rotatable bonds is 5. The molecule has 0 amide bonds. The van der Waals surface area contributed by atoms with Gasteiger partial charge in [-0.25, -0.2) is 0 Å². The van der Waals surface area contributed by atoms with Crippen molar-refractivity contribution in [2.24, 2.45) is 0 Å². The van der Waals surface area contributed by atoms with Crippen molar-refractivity contribution >= 4 is 11.6 Å². The van der Waals surface area contributed by atoms with Crippen molar-refractivity contribution in [3.8, 4) is 18.1 Å². The number of phenols is 1. The Bertz CT molecular complexity index is 568. The molecule has 0 spiro atoms. The molecule has 2 aromatic carbocycles. The van der Waals surface area contributed by atoms with Crippen LogP contribution in [0.3, 0.4) is 0 Å². The third kappa shape index (κ3) is 4.26. The van der Waals surface area contributed by atoms with Crippen LogP contribution < -0.4 is 5.32 Å². The van der Waals surface area contributed by atoms with Crippen LogP contribution in [0.15, 0.2) is 48.5 Å². The number of halogens is 1. The van der Waals surface area contributed by atoms with Gasteiger partial charge in [0, 0.05) is 17.5 Å². The number of phenolic OH excluding ortho intramolecular Hbond substituents is 1. The minimum absolute atomic E-state index is 0.00576. The summed E-state index contributed by atoms with van der Waals surface area (Å²) in [6.07, 6.45) is 6.04. The van der Waals surface area contributed by atoms with Crippen molar-refractivity contribution in [3.63, 3.8) is 0 Å². The molecule has 2 nitrogen and oxygen atoms in total. The molecule has 21 heavy (non-hydrogen) atoms. The summed E-state index contributed by atoms with van der Waals surface area (Å²) in [5.41, 5.74) is 2.17. The predicted octanol–water partition coefficient (Wildman–Crippen LogP) is 4.14. The van der Waals surface area contributed by atoms with E-state index < -0.39 is 0 Å². The lowest BCUT2D eigenvalue weighted by molar-refractivity contribution is 0.473. The largest absolute Gasteiger partial charge is 0.508 e. The zero-order valence-electron chi connectivity index (χ0n) is 11.9. The van der Waals surface area contributed by atoms with Crippen molar-refractivity contribution in [3.05, 3.63) is 64.7 Å². The first kappa shape index (κ1) is 15.4. The quantitative estimate of drug-likeness (QED) is 0.813. The molecule has 0 saturated carbocycles. The normalized spacial score (nSPS) is 13.4. The highest BCUT2D eigenvalue weighted by Gasteiger charge is 2.16. The van der Waals surface area contributed by atoms with Gasteiger partial charge in [0.25, 0.3) is 0 Å². The molecule has 108 valence electrons. The Morgan fingerprint density at radius 1 is 1.10 bits per heavy atom. The van der Waals surface area contributed by atoms with E-state index in [9.17, 15) is 5.11 Å². The number of nitrogens with one attached hydrogen (secondary N) is 1. The van der Waals surface area contributed by atoms with Crippen molar-refractivity contribution in [1.82, 2.24) is 5.32 Å². The van der Waals surface area contributed by atoms with E-state index in [4.69, 9.17) is 18.0 Å². The van der Waals surface area contributed by atoms with Crippen LogP contribution in [0.2, 0.25) is 5.02 Å². The second kappa shape index (κ2) is 7.17. The first-order chi connectivity index (χ1) is 10.1. The molecule has 0 aliphatic carbocycles. The van der Waals surface area contributed by atoms with Crippen molar-refractivity contribution in [1.29, 1.82) is 0 Å². The highest BCUT2D eigenvalue weighted by molar-refractivity contribution is 6.30. The maximum atomic E-state index is 9.45. The molecule has 2 atom stereocenters. The van der Waals surface area contributed by atoms with E-state index in [1.54, 1.807) is 12.1 Å². The Labute approximate surface area is 130 Å². The van der Waals surface area contributed by atoms with Gasteiger partial charge in [-0.05, 0) is 42.3 Å². The molecule has 0 aliphatic heterocycles. The Hall–Kier alpha value is -1.95. The maximum Gasteiger partial charge on any atom is 0.115 e. The summed E-state index contributed by atoms with van der Waals surface area (Å²) in [6.45, 7) is 2.06. The Morgan fingerprint density at radius 2 is 1.62 bits per heavy atom. The van der Waals surface area contributed by atoms with Crippen LogP contribution in [0.5, 0.6) is 5.75 Å². The Kier molecular flexibility index (Phi) is 5.27. The van der Waals surface area contributed by atoms with Gasteiger partial charge in [0.2, 0.25) is 0 Å². The van der Waals surface area contributed by atoms with Gasteiger partial charge >= 0.3 is 0 Å². The second-order valence-electron chi connectivity index (χ2n) is 5.05. The van der Waals surface area contributed by atoms with Gasteiger partial charge in [-0.2, -0.15) is 0 Å². The lowest BCUT2D eigenvalue weighted by atomic mass is 9.97. The molecule has 2 rings (SSSR count). The van der Waals surface area contributed by atoms with Crippen LogP contribution in [0.4, 0.5) is 0 Å².